The Morgan fingerprint density at radius 3 is 2.72 bits per heavy atom. The van der Waals surface area contributed by atoms with Gasteiger partial charge in [-0.15, -0.1) is 11.3 Å². The number of hydrogen-bond donors (Lipinski definition) is 1. The number of benzene rings is 1. The first kappa shape index (κ1) is 20.2. The van der Waals surface area contributed by atoms with Crippen LogP contribution in [0.2, 0.25) is 5.02 Å². The molecule has 3 fully saturated rings. The number of nitrogens with one attached hydrogen (secondary N) is 1. The summed E-state index contributed by atoms with van der Waals surface area (Å²) in [5.74, 6) is -0.743. The van der Waals surface area contributed by atoms with Crippen molar-refractivity contribution in [3.8, 4) is 5.75 Å². The molecule has 1 aromatic carbocycles. The normalized spacial score (nSPS) is 25.5. The van der Waals surface area contributed by atoms with Gasteiger partial charge in [-0.3, -0.25) is 9.59 Å². The fourth-order valence-electron chi connectivity index (χ4n) is 4.38. The first-order valence-electron chi connectivity index (χ1n) is 9.21. The number of thiazole rings is 1. The number of hydrogen-bond acceptors (Lipinski definition) is 5. The zero-order valence-electron chi connectivity index (χ0n) is 15.6. The highest BCUT2D eigenvalue weighted by Crippen LogP contribution is 2.69. The summed E-state index contributed by atoms with van der Waals surface area (Å²) in [6.07, 6.45) is 2.83. The largest absolute Gasteiger partial charge is 0.484 e. The van der Waals surface area contributed by atoms with Crippen molar-refractivity contribution in [2.24, 2.45) is 5.41 Å². The van der Waals surface area contributed by atoms with Crippen molar-refractivity contribution in [1.29, 1.82) is 0 Å². The number of amides is 1. The lowest BCUT2D eigenvalue weighted by Gasteiger charge is -2.70. The zero-order chi connectivity index (χ0) is 20.8. The third-order valence-electron chi connectivity index (χ3n) is 5.50. The molecule has 9 heteroatoms. The van der Waals surface area contributed by atoms with Gasteiger partial charge in [-0.05, 0) is 43.7 Å². The molecule has 2 aromatic rings. The fourth-order valence-corrected chi connectivity index (χ4v) is 5.28. The van der Waals surface area contributed by atoms with Crippen LogP contribution in [-0.2, 0) is 4.79 Å². The molecule has 5 nitrogen and oxygen atoms in total. The minimum Gasteiger partial charge on any atom is -0.484 e. The number of alkyl halides is 1. The number of ether oxygens (including phenoxy) is 1. The van der Waals surface area contributed by atoms with E-state index in [0.29, 0.717) is 16.3 Å². The maximum absolute atomic E-state index is 13.4. The summed E-state index contributed by atoms with van der Waals surface area (Å²) < 4.78 is 32.0. The smallest absolute Gasteiger partial charge is 0.258 e. The molecule has 3 aliphatic carbocycles. The highest BCUT2D eigenvalue weighted by molar-refractivity contribution is 7.13. The van der Waals surface area contributed by atoms with Gasteiger partial charge >= 0.3 is 0 Å². The molecule has 5 rings (SSSR count). The molecule has 2 bridgehead atoms. The maximum atomic E-state index is 13.4. The summed E-state index contributed by atoms with van der Waals surface area (Å²) in [6.45, 7) is 1.19. The molecule has 1 atom stereocenters. The highest BCUT2D eigenvalue weighted by atomic mass is 35.5. The van der Waals surface area contributed by atoms with Gasteiger partial charge in [-0.1, -0.05) is 11.6 Å². The van der Waals surface area contributed by atoms with E-state index in [1.807, 2.05) is 0 Å². The molecular weight excluding hydrogens is 422 g/mol. The van der Waals surface area contributed by atoms with Crippen LogP contribution in [0, 0.1) is 11.2 Å². The average molecular weight is 441 g/mol. The molecule has 3 aliphatic rings. The number of Topliss-reactive ketones (excluding diaryl/α,β-unsaturated/α-hetero) is 1. The number of nitrogens with zero attached hydrogens (tertiary/aromatic N) is 1. The van der Waals surface area contributed by atoms with Crippen LogP contribution in [0.25, 0.3) is 0 Å². The van der Waals surface area contributed by atoms with E-state index in [-0.39, 0.29) is 40.0 Å². The van der Waals surface area contributed by atoms with Crippen LogP contribution < -0.4 is 10.1 Å². The molecule has 1 unspecified atom stereocenters. The Morgan fingerprint density at radius 1 is 1.38 bits per heavy atom. The third kappa shape index (κ3) is 4.00. The van der Waals surface area contributed by atoms with E-state index in [4.69, 9.17) is 16.3 Å². The first-order chi connectivity index (χ1) is 13.7. The Bertz CT molecular complexity index is 959. The van der Waals surface area contributed by atoms with Crippen molar-refractivity contribution in [3.05, 3.63) is 45.1 Å². The van der Waals surface area contributed by atoms with Gasteiger partial charge in [0, 0.05) is 24.2 Å². The van der Waals surface area contributed by atoms with E-state index in [2.05, 4.69) is 10.3 Å². The van der Waals surface area contributed by atoms with Crippen LogP contribution >= 0.6 is 22.9 Å². The second-order valence-electron chi connectivity index (χ2n) is 8.01. The first-order valence-corrected chi connectivity index (χ1v) is 10.4. The molecule has 154 valence electrons. The predicted octanol–water partition coefficient (Wildman–Crippen LogP) is 4.66. The number of aromatic nitrogens is 1. The molecule has 0 saturated heterocycles. The van der Waals surface area contributed by atoms with Crippen molar-refractivity contribution in [1.82, 2.24) is 10.3 Å². The van der Waals surface area contributed by atoms with Crippen LogP contribution in [0.15, 0.2) is 24.4 Å². The Balaban J connectivity index is 1.23. The molecular formula is C20H19ClF2N2O3S. The summed E-state index contributed by atoms with van der Waals surface area (Å²) >= 11 is 6.71. The molecule has 1 aromatic heterocycles. The predicted molar refractivity (Wildman–Crippen MR) is 105 cm³/mol. The van der Waals surface area contributed by atoms with Crippen LogP contribution in [0.4, 0.5) is 8.78 Å². The second-order valence-corrected chi connectivity index (χ2v) is 9.48. The van der Waals surface area contributed by atoms with E-state index >= 15 is 0 Å². The topological polar surface area (TPSA) is 68.3 Å². The van der Waals surface area contributed by atoms with Crippen molar-refractivity contribution in [2.75, 3.05) is 6.61 Å². The van der Waals surface area contributed by atoms with Crippen LogP contribution in [0.3, 0.4) is 0 Å². The molecule has 0 radical (unpaired) electrons. The molecule has 0 aliphatic heterocycles. The van der Waals surface area contributed by atoms with Gasteiger partial charge in [0.1, 0.15) is 17.7 Å². The van der Waals surface area contributed by atoms with E-state index in [1.165, 1.54) is 25.3 Å². The van der Waals surface area contributed by atoms with E-state index < -0.39 is 12.0 Å². The summed E-state index contributed by atoms with van der Waals surface area (Å²) in [5, 5.41) is 3.29. The molecule has 0 spiro atoms. The molecule has 1 heterocycles. The molecule has 3 saturated carbocycles. The lowest BCUT2D eigenvalue weighted by molar-refractivity contribution is -0.164. The van der Waals surface area contributed by atoms with Gasteiger partial charge in [-0.2, -0.15) is 0 Å². The van der Waals surface area contributed by atoms with E-state index in [1.54, 1.807) is 0 Å². The van der Waals surface area contributed by atoms with Gasteiger partial charge in [-0.25, -0.2) is 13.8 Å². The van der Waals surface area contributed by atoms with Crippen LogP contribution in [-0.4, -0.2) is 28.8 Å². The van der Waals surface area contributed by atoms with Crippen molar-refractivity contribution in [2.45, 2.75) is 44.3 Å². The van der Waals surface area contributed by atoms with Gasteiger partial charge < -0.3 is 10.1 Å². The SMILES string of the molecule is CC(F)c1cnc(C(=O)CC23CC(NC(=O)COc4ccc(Cl)c(F)c4)(C2)C3)s1. The molecule has 1 N–H and O–H groups in total. The van der Waals surface area contributed by atoms with Gasteiger partial charge in [0.05, 0.1) is 9.90 Å². The zero-order valence-corrected chi connectivity index (χ0v) is 17.2. The van der Waals surface area contributed by atoms with Crippen molar-refractivity contribution in [3.63, 3.8) is 0 Å². The monoisotopic (exact) mass is 440 g/mol. The molecule has 29 heavy (non-hydrogen) atoms. The molecule has 1 amide bonds. The Labute approximate surface area is 175 Å². The third-order valence-corrected chi connectivity index (χ3v) is 6.99. The average Bonchev–Trinajstić information content (AvgIpc) is 3.10. The highest BCUT2D eigenvalue weighted by Gasteiger charge is 2.68. The Kier molecular flexibility index (Phi) is 5.11. The fraction of sp³-hybridized carbons (Fsp3) is 0.450. The second kappa shape index (κ2) is 7.32. The lowest BCUT2D eigenvalue weighted by Crippen LogP contribution is -2.75. The summed E-state index contributed by atoms with van der Waals surface area (Å²) in [7, 11) is 0. The summed E-state index contributed by atoms with van der Waals surface area (Å²) in [5.41, 5.74) is -0.384. The van der Waals surface area contributed by atoms with Crippen LogP contribution in [0.1, 0.15) is 53.5 Å². The van der Waals surface area contributed by atoms with Gasteiger partial charge in [0.25, 0.3) is 5.91 Å². The maximum Gasteiger partial charge on any atom is 0.258 e. The number of halogens is 3. The summed E-state index contributed by atoms with van der Waals surface area (Å²) in [6, 6.07) is 3.99. The standard InChI is InChI=1S/C20H19ClF2N2O3S/c1-11(22)16-6-24-18(29-16)15(26)5-19-8-20(9-19,10-19)25-17(27)7-28-12-2-3-13(21)14(23)4-12/h2-4,6,11H,5,7-10H2,1H3,(H,25,27). The van der Waals surface area contributed by atoms with Gasteiger partial charge in [0.15, 0.2) is 17.4 Å². The minimum atomic E-state index is -1.13. The minimum absolute atomic E-state index is 0.0105. The number of carbonyl (C=O) groups excluding carboxylic acids is 2. The van der Waals surface area contributed by atoms with Crippen molar-refractivity contribution >= 4 is 34.6 Å². The quantitative estimate of drug-likeness (QED) is 0.606. The Hall–Kier alpha value is -2.06. The summed E-state index contributed by atoms with van der Waals surface area (Å²) in [4.78, 5) is 29.1. The van der Waals surface area contributed by atoms with Crippen molar-refractivity contribution < 1.29 is 23.1 Å². The van der Waals surface area contributed by atoms with Crippen LogP contribution in [0.5, 0.6) is 5.75 Å². The van der Waals surface area contributed by atoms with E-state index in [9.17, 15) is 18.4 Å². The number of ketones is 1. The Morgan fingerprint density at radius 2 is 2.10 bits per heavy atom. The number of rotatable bonds is 8. The van der Waals surface area contributed by atoms with E-state index in [0.717, 1.165) is 36.7 Å². The van der Waals surface area contributed by atoms with Gasteiger partial charge in [0.2, 0.25) is 0 Å². The lowest BCUT2D eigenvalue weighted by atomic mass is 9.38. The number of carbonyl (C=O) groups is 2.